The Balaban J connectivity index is 2.35. The minimum absolute atomic E-state index is 0.134. The smallest absolute Gasteiger partial charge is 0.222 e. The highest BCUT2D eigenvalue weighted by molar-refractivity contribution is 9.10. The number of anilines is 1. The summed E-state index contributed by atoms with van der Waals surface area (Å²) in [5.74, 6) is 0.614. The van der Waals surface area contributed by atoms with Crippen LogP contribution in [0.4, 0.5) is 5.82 Å². The van der Waals surface area contributed by atoms with Gasteiger partial charge in [-0.2, -0.15) is 5.10 Å². The summed E-state index contributed by atoms with van der Waals surface area (Å²) in [6.07, 6.45) is 3.12. The molecule has 0 spiro atoms. The molecule has 0 unspecified atom stereocenters. The molecule has 0 aliphatic rings. The first kappa shape index (κ1) is 12.0. The molecule has 0 aliphatic carbocycles. The van der Waals surface area contributed by atoms with Crippen molar-refractivity contribution in [3.8, 4) is 0 Å². The first-order chi connectivity index (χ1) is 7.00. The first-order valence-electron chi connectivity index (χ1n) is 4.69. The van der Waals surface area contributed by atoms with Crippen molar-refractivity contribution in [1.82, 2.24) is 14.7 Å². The van der Waals surface area contributed by atoms with E-state index in [1.54, 1.807) is 23.7 Å². The van der Waals surface area contributed by atoms with Crippen LogP contribution in [0.2, 0.25) is 0 Å². The van der Waals surface area contributed by atoms with Crippen LogP contribution in [0.5, 0.6) is 0 Å². The lowest BCUT2D eigenvalue weighted by atomic mass is 10.3. The van der Waals surface area contributed by atoms with Crippen molar-refractivity contribution in [3.05, 3.63) is 10.7 Å². The Morgan fingerprint density at radius 3 is 2.80 bits per heavy atom. The average Bonchev–Trinajstić information content (AvgIpc) is 2.46. The van der Waals surface area contributed by atoms with Crippen molar-refractivity contribution >= 4 is 27.7 Å². The van der Waals surface area contributed by atoms with Gasteiger partial charge in [0.15, 0.2) is 5.82 Å². The summed E-state index contributed by atoms with van der Waals surface area (Å²) in [7, 11) is 3.51. The number of rotatable bonds is 4. The number of nitrogen functional groups attached to an aromatic ring is 1. The third kappa shape index (κ3) is 3.54. The van der Waals surface area contributed by atoms with Gasteiger partial charge in [-0.3, -0.25) is 9.48 Å². The number of aryl methyl sites for hydroxylation is 1. The van der Waals surface area contributed by atoms with Crippen LogP contribution >= 0.6 is 15.9 Å². The highest BCUT2D eigenvalue weighted by Gasteiger charge is 2.05. The normalized spacial score (nSPS) is 10.3. The summed E-state index contributed by atoms with van der Waals surface area (Å²) in [6, 6.07) is 0. The van der Waals surface area contributed by atoms with Crippen LogP contribution in [0.15, 0.2) is 10.7 Å². The lowest BCUT2D eigenvalue weighted by molar-refractivity contribution is -0.128. The quantitative estimate of drug-likeness (QED) is 0.894. The van der Waals surface area contributed by atoms with Crippen molar-refractivity contribution in [2.75, 3.05) is 19.8 Å². The topological polar surface area (TPSA) is 64.2 Å². The van der Waals surface area contributed by atoms with Gasteiger partial charge in [0.2, 0.25) is 5.91 Å². The molecule has 5 nitrogen and oxygen atoms in total. The SMILES string of the molecule is CN(C)C(=O)CCCn1cc(Br)c(N)n1. The Morgan fingerprint density at radius 1 is 1.67 bits per heavy atom. The number of nitrogens with two attached hydrogens (primary N) is 1. The molecule has 0 fully saturated rings. The minimum Gasteiger partial charge on any atom is -0.381 e. The van der Waals surface area contributed by atoms with Gasteiger partial charge in [-0.25, -0.2) is 0 Å². The fourth-order valence-electron chi connectivity index (χ4n) is 1.14. The number of carbonyl (C=O) groups excluding carboxylic acids is 1. The van der Waals surface area contributed by atoms with Crippen LogP contribution < -0.4 is 5.73 Å². The van der Waals surface area contributed by atoms with E-state index in [9.17, 15) is 4.79 Å². The molecule has 1 amide bonds. The molecule has 1 heterocycles. The van der Waals surface area contributed by atoms with Gasteiger partial charge < -0.3 is 10.6 Å². The predicted molar refractivity (Wildman–Crippen MR) is 62.3 cm³/mol. The zero-order valence-corrected chi connectivity index (χ0v) is 10.5. The molecule has 0 atom stereocenters. The van der Waals surface area contributed by atoms with E-state index in [1.165, 1.54) is 0 Å². The van der Waals surface area contributed by atoms with Gasteiger partial charge in [-0.05, 0) is 22.4 Å². The monoisotopic (exact) mass is 274 g/mol. The van der Waals surface area contributed by atoms with Gasteiger partial charge in [0.1, 0.15) is 0 Å². The van der Waals surface area contributed by atoms with Crippen molar-refractivity contribution in [1.29, 1.82) is 0 Å². The Morgan fingerprint density at radius 2 is 2.33 bits per heavy atom. The van der Waals surface area contributed by atoms with Crippen LogP contribution in [0.3, 0.4) is 0 Å². The van der Waals surface area contributed by atoms with Crippen LogP contribution in [0.25, 0.3) is 0 Å². The van der Waals surface area contributed by atoms with E-state index in [-0.39, 0.29) is 5.91 Å². The van der Waals surface area contributed by atoms with Crippen molar-refractivity contribution in [2.45, 2.75) is 19.4 Å². The average molecular weight is 275 g/mol. The fourth-order valence-corrected chi connectivity index (χ4v) is 1.46. The highest BCUT2D eigenvalue weighted by Crippen LogP contribution is 2.16. The highest BCUT2D eigenvalue weighted by atomic mass is 79.9. The van der Waals surface area contributed by atoms with E-state index in [0.717, 1.165) is 10.9 Å². The van der Waals surface area contributed by atoms with Gasteiger partial charge in [0, 0.05) is 33.3 Å². The second kappa shape index (κ2) is 5.16. The zero-order valence-electron chi connectivity index (χ0n) is 8.90. The summed E-state index contributed by atoms with van der Waals surface area (Å²) >= 11 is 3.28. The number of hydrogen-bond donors (Lipinski definition) is 1. The van der Waals surface area contributed by atoms with Crippen molar-refractivity contribution in [3.63, 3.8) is 0 Å². The summed E-state index contributed by atoms with van der Waals surface area (Å²) < 4.78 is 2.53. The summed E-state index contributed by atoms with van der Waals surface area (Å²) in [5.41, 5.74) is 5.57. The molecule has 0 saturated carbocycles. The number of carbonyl (C=O) groups is 1. The molecule has 1 rings (SSSR count). The zero-order chi connectivity index (χ0) is 11.4. The van der Waals surface area contributed by atoms with Crippen LogP contribution in [0, 0.1) is 0 Å². The molecule has 0 saturated heterocycles. The Hall–Kier alpha value is -1.04. The lowest BCUT2D eigenvalue weighted by Gasteiger charge is -2.09. The molecule has 0 aliphatic heterocycles. The summed E-state index contributed by atoms with van der Waals surface area (Å²) in [4.78, 5) is 12.9. The molecule has 15 heavy (non-hydrogen) atoms. The standard InChI is InChI=1S/C9H15BrN4O/c1-13(2)8(15)4-3-5-14-6-7(10)9(11)12-14/h6H,3-5H2,1-2H3,(H2,11,12). The van der Waals surface area contributed by atoms with Crippen molar-refractivity contribution in [2.24, 2.45) is 0 Å². The van der Waals surface area contributed by atoms with E-state index < -0.39 is 0 Å². The van der Waals surface area contributed by atoms with E-state index >= 15 is 0 Å². The third-order valence-corrected chi connectivity index (χ3v) is 2.63. The van der Waals surface area contributed by atoms with E-state index in [2.05, 4.69) is 21.0 Å². The lowest BCUT2D eigenvalue weighted by Crippen LogP contribution is -2.21. The number of aromatic nitrogens is 2. The summed E-state index contributed by atoms with van der Waals surface area (Å²) in [6.45, 7) is 0.704. The molecular weight excluding hydrogens is 260 g/mol. The molecule has 6 heteroatoms. The maximum absolute atomic E-state index is 11.3. The molecule has 84 valence electrons. The Labute approximate surface area is 97.4 Å². The maximum atomic E-state index is 11.3. The molecule has 1 aromatic heterocycles. The predicted octanol–water partition coefficient (Wildman–Crippen LogP) is 1.10. The number of halogens is 1. The first-order valence-corrected chi connectivity index (χ1v) is 5.48. The second-order valence-corrected chi connectivity index (χ2v) is 4.37. The number of hydrogen-bond acceptors (Lipinski definition) is 3. The largest absolute Gasteiger partial charge is 0.381 e. The van der Waals surface area contributed by atoms with Crippen LogP contribution in [0.1, 0.15) is 12.8 Å². The molecule has 0 radical (unpaired) electrons. The Bertz CT molecular complexity index is 328. The van der Waals surface area contributed by atoms with Crippen LogP contribution in [-0.4, -0.2) is 34.7 Å². The second-order valence-electron chi connectivity index (χ2n) is 3.52. The molecule has 1 aromatic rings. The number of nitrogens with zero attached hydrogens (tertiary/aromatic N) is 3. The molecular formula is C9H15BrN4O. The van der Waals surface area contributed by atoms with Crippen molar-refractivity contribution < 1.29 is 4.79 Å². The molecule has 0 aromatic carbocycles. The number of amides is 1. The van der Waals surface area contributed by atoms with Gasteiger partial charge in [0.05, 0.1) is 4.47 Å². The minimum atomic E-state index is 0.134. The van der Waals surface area contributed by atoms with Gasteiger partial charge in [-0.15, -0.1) is 0 Å². The van der Waals surface area contributed by atoms with E-state index in [0.29, 0.717) is 18.8 Å². The molecule has 0 bridgehead atoms. The Kier molecular flexibility index (Phi) is 4.14. The van der Waals surface area contributed by atoms with Gasteiger partial charge in [0.25, 0.3) is 0 Å². The van der Waals surface area contributed by atoms with E-state index in [1.807, 2.05) is 6.20 Å². The van der Waals surface area contributed by atoms with Gasteiger partial charge >= 0.3 is 0 Å². The third-order valence-electron chi connectivity index (χ3n) is 2.02. The fraction of sp³-hybridized carbons (Fsp3) is 0.556. The van der Waals surface area contributed by atoms with E-state index in [4.69, 9.17) is 5.73 Å². The maximum Gasteiger partial charge on any atom is 0.222 e. The summed E-state index contributed by atoms with van der Waals surface area (Å²) in [5, 5.41) is 4.07. The van der Waals surface area contributed by atoms with Gasteiger partial charge in [-0.1, -0.05) is 0 Å². The molecule has 2 N–H and O–H groups in total. The van der Waals surface area contributed by atoms with Crippen LogP contribution in [-0.2, 0) is 11.3 Å².